The van der Waals surface area contributed by atoms with E-state index in [2.05, 4.69) is 37.7 Å². The van der Waals surface area contributed by atoms with Crippen LogP contribution >= 0.6 is 0 Å². The molecule has 4 heteroatoms. The summed E-state index contributed by atoms with van der Waals surface area (Å²) < 4.78 is 0. The Morgan fingerprint density at radius 3 is 1.20 bits per heavy atom. The van der Waals surface area contributed by atoms with Gasteiger partial charge in [0.15, 0.2) is 0 Å². The molecule has 0 radical (unpaired) electrons. The molecule has 0 amide bonds. The van der Waals surface area contributed by atoms with E-state index in [1.165, 1.54) is 64.2 Å². The molecule has 0 saturated heterocycles. The third-order valence-electron chi connectivity index (χ3n) is 7.85. The van der Waals surface area contributed by atoms with E-state index in [1.54, 1.807) is 0 Å². The minimum atomic E-state index is -0.183. The molecule has 1 aliphatic rings. The van der Waals surface area contributed by atoms with Crippen LogP contribution in [0.3, 0.4) is 0 Å². The number of hydrogen-bond acceptors (Lipinski definition) is 4. The van der Waals surface area contributed by atoms with E-state index in [4.69, 9.17) is 0 Å². The minimum Gasteiger partial charge on any atom is -0.211 e. The molecule has 0 bridgehead atoms. The second kappa shape index (κ2) is 14.7. The first-order valence-electron chi connectivity index (χ1n) is 12.8. The lowest BCUT2D eigenvalue weighted by molar-refractivity contribution is -0.116. The Morgan fingerprint density at radius 2 is 0.900 bits per heavy atom. The molecule has 0 aliphatic heterocycles. The summed E-state index contributed by atoms with van der Waals surface area (Å²) in [6.45, 7) is 8.81. The Balaban J connectivity index is 2.91. The fraction of sp³-hybridized carbons (Fsp3) is 0.923. The molecular formula is C26H46N2O2. The lowest BCUT2D eigenvalue weighted by Crippen LogP contribution is -2.70. The summed E-state index contributed by atoms with van der Waals surface area (Å²) in [4.78, 5) is 31.5. The van der Waals surface area contributed by atoms with Crippen LogP contribution in [-0.4, -0.2) is 24.2 Å². The summed E-state index contributed by atoms with van der Waals surface area (Å²) in [6, 6.07) is -0.128. The summed E-state index contributed by atoms with van der Waals surface area (Å²) >= 11 is 0. The summed E-state index contributed by atoms with van der Waals surface area (Å²) in [5, 5.41) is 0. The molecule has 0 aromatic rings. The topological polar surface area (TPSA) is 58.9 Å². The average Bonchev–Trinajstić information content (AvgIpc) is 2.77. The predicted molar refractivity (Wildman–Crippen MR) is 125 cm³/mol. The molecule has 4 nitrogen and oxygen atoms in total. The largest absolute Gasteiger partial charge is 0.235 e. The van der Waals surface area contributed by atoms with Crippen LogP contribution in [0.1, 0.15) is 130 Å². The third kappa shape index (κ3) is 6.38. The van der Waals surface area contributed by atoms with Crippen molar-refractivity contribution in [1.29, 1.82) is 0 Å². The molecule has 0 unspecified atom stereocenters. The van der Waals surface area contributed by atoms with Gasteiger partial charge in [-0.05, 0) is 25.7 Å². The maximum atomic E-state index is 11.4. The Morgan fingerprint density at radius 1 is 0.567 bits per heavy atom. The highest BCUT2D eigenvalue weighted by atomic mass is 16.1. The molecule has 0 heterocycles. The first kappa shape index (κ1) is 26.8. The summed E-state index contributed by atoms with van der Waals surface area (Å²) in [7, 11) is 0. The van der Waals surface area contributed by atoms with Crippen LogP contribution in [0, 0.1) is 10.8 Å². The van der Waals surface area contributed by atoms with Crippen LogP contribution in [0.15, 0.2) is 9.98 Å². The van der Waals surface area contributed by atoms with E-state index in [0.717, 1.165) is 38.5 Å². The highest BCUT2D eigenvalue weighted by molar-refractivity contribution is 5.41. The van der Waals surface area contributed by atoms with E-state index in [9.17, 15) is 9.59 Å². The van der Waals surface area contributed by atoms with Gasteiger partial charge in [-0.15, -0.1) is 0 Å². The minimum absolute atomic E-state index is 0.0640. The van der Waals surface area contributed by atoms with Crippen molar-refractivity contribution in [3.8, 4) is 0 Å². The molecule has 30 heavy (non-hydrogen) atoms. The van der Waals surface area contributed by atoms with E-state index in [1.807, 2.05) is 12.2 Å². The van der Waals surface area contributed by atoms with Gasteiger partial charge in [0.25, 0.3) is 0 Å². The number of isocyanates is 2. The fourth-order valence-corrected chi connectivity index (χ4v) is 6.11. The molecule has 172 valence electrons. The van der Waals surface area contributed by atoms with E-state index in [-0.39, 0.29) is 22.9 Å². The average molecular weight is 419 g/mol. The highest BCUT2D eigenvalue weighted by Gasteiger charge is 2.69. The monoisotopic (exact) mass is 418 g/mol. The van der Waals surface area contributed by atoms with Gasteiger partial charge in [-0.1, -0.05) is 105 Å². The maximum absolute atomic E-state index is 11.4. The Bertz CT molecular complexity index is 503. The van der Waals surface area contributed by atoms with Crippen molar-refractivity contribution in [1.82, 2.24) is 0 Å². The van der Waals surface area contributed by atoms with Crippen LogP contribution in [0.25, 0.3) is 0 Å². The van der Waals surface area contributed by atoms with Gasteiger partial charge in [-0.25, -0.2) is 19.6 Å². The molecule has 1 fully saturated rings. The lowest BCUT2D eigenvalue weighted by Gasteiger charge is -2.65. The van der Waals surface area contributed by atoms with Gasteiger partial charge in [-0.2, -0.15) is 0 Å². The zero-order valence-corrected chi connectivity index (χ0v) is 20.2. The molecular weight excluding hydrogens is 372 g/mol. The molecule has 1 aliphatic carbocycles. The standard InChI is InChI=1S/C26H46N2O2/c1-5-9-11-13-15-17-19-25(7-3)23(27-21-29)26(8-4,24(25)28-22-30)20-18-16-14-12-10-6-2/h23-24H,5-20H2,1-4H3. The van der Waals surface area contributed by atoms with E-state index >= 15 is 0 Å². The zero-order valence-electron chi connectivity index (χ0n) is 20.2. The van der Waals surface area contributed by atoms with Gasteiger partial charge in [0.1, 0.15) is 0 Å². The van der Waals surface area contributed by atoms with Crippen molar-refractivity contribution in [2.45, 2.75) is 143 Å². The van der Waals surface area contributed by atoms with Crippen molar-refractivity contribution in [2.75, 3.05) is 0 Å². The van der Waals surface area contributed by atoms with Crippen molar-refractivity contribution in [2.24, 2.45) is 20.8 Å². The fourth-order valence-electron chi connectivity index (χ4n) is 6.11. The molecule has 0 spiro atoms. The van der Waals surface area contributed by atoms with Crippen molar-refractivity contribution in [3.63, 3.8) is 0 Å². The van der Waals surface area contributed by atoms with E-state index < -0.39 is 0 Å². The summed E-state index contributed by atoms with van der Waals surface area (Å²) in [5.74, 6) is 0. The molecule has 1 rings (SSSR count). The van der Waals surface area contributed by atoms with Crippen molar-refractivity contribution >= 4 is 12.2 Å². The highest BCUT2D eigenvalue weighted by Crippen LogP contribution is 2.65. The summed E-state index contributed by atoms with van der Waals surface area (Å²) in [6.07, 6.45) is 22.4. The van der Waals surface area contributed by atoms with Gasteiger partial charge < -0.3 is 0 Å². The number of unbranched alkanes of at least 4 members (excludes halogenated alkanes) is 10. The Kier molecular flexibility index (Phi) is 13.1. The van der Waals surface area contributed by atoms with Gasteiger partial charge in [-0.3, -0.25) is 0 Å². The number of hydrogen-bond donors (Lipinski definition) is 0. The maximum Gasteiger partial charge on any atom is 0.235 e. The van der Waals surface area contributed by atoms with Crippen LogP contribution in [-0.2, 0) is 9.59 Å². The van der Waals surface area contributed by atoms with Gasteiger partial charge >= 0.3 is 0 Å². The Hall–Kier alpha value is -1.24. The second-order valence-corrected chi connectivity index (χ2v) is 9.45. The Labute approximate surface area is 185 Å². The number of aliphatic imine (C=N–C) groups is 2. The van der Waals surface area contributed by atoms with Crippen LogP contribution in [0.2, 0.25) is 0 Å². The first-order valence-corrected chi connectivity index (χ1v) is 12.8. The first-order chi connectivity index (χ1) is 14.6. The van der Waals surface area contributed by atoms with Crippen LogP contribution in [0.5, 0.6) is 0 Å². The second-order valence-electron chi connectivity index (χ2n) is 9.45. The number of rotatable bonds is 18. The van der Waals surface area contributed by atoms with Gasteiger partial charge in [0.05, 0.1) is 12.1 Å². The zero-order chi connectivity index (χ0) is 22.3. The SMILES string of the molecule is CCCCCCCCC1(CC)C(N=C=O)C(CC)(CCCCCCCC)C1N=C=O. The van der Waals surface area contributed by atoms with Gasteiger partial charge in [0.2, 0.25) is 12.2 Å². The molecule has 0 aromatic heterocycles. The number of carbonyl (C=O) groups excluding carboxylic acids is 2. The van der Waals surface area contributed by atoms with Crippen molar-refractivity contribution < 1.29 is 9.59 Å². The van der Waals surface area contributed by atoms with Crippen molar-refractivity contribution in [3.05, 3.63) is 0 Å². The number of nitrogens with zero attached hydrogens (tertiary/aromatic N) is 2. The smallest absolute Gasteiger partial charge is 0.211 e. The van der Waals surface area contributed by atoms with Crippen LogP contribution < -0.4 is 0 Å². The molecule has 0 N–H and O–H groups in total. The van der Waals surface area contributed by atoms with E-state index in [0.29, 0.717) is 0 Å². The van der Waals surface area contributed by atoms with Crippen LogP contribution in [0.4, 0.5) is 0 Å². The third-order valence-corrected chi connectivity index (χ3v) is 7.85. The predicted octanol–water partition coefficient (Wildman–Crippen LogP) is 7.70. The summed E-state index contributed by atoms with van der Waals surface area (Å²) in [5.41, 5.74) is -0.365. The normalized spacial score (nSPS) is 27.7. The lowest BCUT2D eigenvalue weighted by atomic mass is 9.41. The van der Waals surface area contributed by atoms with Gasteiger partial charge in [0, 0.05) is 10.8 Å². The molecule has 0 atom stereocenters. The molecule has 0 aromatic carbocycles. The quantitative estimate of drug-likeness (QED) is 0.130. The molecule has 1 saturated carbocycles.